The number of ketones is 1. The molecule has 3 unspecified atom stereocenters. The van der Waals surface area contributed by atoms with E-state index in [0.29, 0.717) is 25.0 Å². The van der Waals surface area contributed by atoms with Gasteiger partial charge in [-0.1, -0.05) is 59.5 Å². The predicted octanol–water partition coefficient (Wildman–Crippen LogP) is 4.52. The summed E-state index contributed by atoms with van der Waals surface area (Å²) in [5.41, 5.74) is -0.742. The first kappa shape index (κ1) is 20.6. The number of hydrogen-bond donors (Lipinski definition) is 0. The van der Waals surface area contributed by atoms with Gasteiger partial charge < -0.3 is 14.2 Å². The first-order chi connectivity index (χ1) is 12.0. The second-order valence-corrected chi connectivity index (χ2v) is 7.63. The smallest absolute Gasteiger partial charge is 0.190 e. The average Bonchev–Trinajstić information content (AvgIpc) is 3.20. The monoisotopic (exact) mass is 352 g/mol. The van der Waals surface area contributed by atoms with Crippen molar-refractivity contribution in [1.82, 2.24) is 0 Å². The SMILES string of the molecule is CCC(CC)COC(OCC(CC)CC)C12C=CC(CC1C(C)=O)O2. The highest BCUT2D eigenvalue weighted by atomic mass is 16.7. The lowest BCUT2D eigenvalue weighted by atomic mass is 9.80. The Kier molecular flexibility index (Phi) is 7.66. The molecule has 0 amide bonds. The van der Waals surface area contributed by atoms with E-state index in [0.717, 1.165) is 32.1 Å². The van der Waals surface area contributed by atoms with Crippen LogP contribution in [0.15, 0.2) is 12.2 Å². The average molecular weight is 353 g/mol. The van der Waals surface area contributed by atoms with E-state index in [1.165, 1.54) is 0 Å². The molecule has 25 heavy (non-hydrogen) atoms. The molecule has 0 saturated carbocycles. The molecule has 0 aromatic carbocycles. The van der Waals surface area contributed by atoms with Gasteiger partial charge in [0.15, 0.2) is 6.29 Å². The molecule has 2 bridgehead atoms. The molecule has 1 saturated heterocycles. The van der Waals surface area contributed by atoms with Crippen LogP contribution in [0.5, 0.6) is 0 Å². The summed E-state index contributed by atoms with van der Waals surface area (Å²) in [4.78, 5) is 12.2. The van der Waals surface area contributed by atoms with Gasteiger partial charge in [-0.3, -0.25) is 4.79 Å². The van der Waals surface area contributed by atoms with E-state index in [4.69, 9.17) is 14.2 Å². The second kappa shape index (κ2) is 9.29. The third-order valence-corrected chi connectivity index (χ3v) is 6.07. The van der Waals surface area contributed by atoms with Crippen LogP contribution in [0.2, 0.25) is 0 Å². The van der Waals surface area contributed by atoms with E-state index in [9.17, 15) is 4.79 Å². The Morgan fingerprint density at radius 2 is 1.60 bits per heavy atom. The van der Waals surface area contributed by atoms with Gasteiger partial charge in [-0.25, -0.2) is 0 Å². The number of rotatable bonds is 12. The second-order valence-electron chi connectivity index (χ2n) is 7.63. The zero-order valence-corrected chi connectivity index (χ0v) is 16.6. The third kappa shape index (κ3) is 4.53. The van der Waals surface area contributed by atoms with Gasteiger partial charge in [0.2, 0.25) is 0 Å². The van der Waals surface area contributed by atoms with Crippen molar-refractivity contribution in [2.75, 3.05) is 13.2 Å². The van der Waals surface area contributed by atoms with Gasteiger partial charge in [0.1, 0.15) is 11.4 Å². The van der Waals surface area contributed by atoms with E-state index in [-0.39, 0.29) is 17.8 Å². The van der Waals surface area contributed by atoms with Crippen molar-refractivity contribution in [3.8, 4) is 0 Å². The summed E-state index contributed by atoms with van der Waals surface area (Å²) in [5.74, 6) is 1.01. The summed E-state index contributed by atoms with van der Waals surface area (Å²) < 4.78 is 18.7. The summed E-state index contributed by atoms with van der Waals surface area (Å²) in [6, 6.07) is 0. The Morgan fingerprint density at radius 3 is 2.00 bits per heavy atom. The van der Waals surface area contributed by atoms with Gasteiger partial charge in [0.05, 0.1) is 25.2 Å². The van der Waals surface area contributed by atoms with Crippen LogP contribution in [0.1, 0.15) is 66.7 Å². The van der Waals surface area contributed by atoms with Crippen LogP contribution < -0.4 is 0 Å². The van der Waals surface area contributed by atoms with Crippen LogP contribution in [0.4, 0.5) is 0 Å². The van der Waals surface area contributed by atoms with Crippen molar-refractivity contribution in [1.29, 1.82) is 0 Å². The third-order valence-electron chi connectivity index (χ3n) is 6.07. The Morgan fingerprint density at radius 1 is 1.08 bits per heavy atom. The van der Waals surface area contributed by atoms with Gasteiger partial charge >= 0.3 is 0 Å². The molecule has 4 nitrogen and oxygen atoms in total. The highest BCUT2D eigenvalue weighted by Crippen LogP contribution is 2.47. The van der Waals surface area contributed by atoms with E-state index in [2.05, 4.69) is 33.8 Å². The summed E-state index contributed by atoms with van der Waals surface area (Å²) in [5, 5.41) is 0. The summed E-state index contributed by atoms with van der Waals surface area (Å²) in [7, 11) is 0. The Balaban J connectivity index is 2.14. The normalized spacial score (nSPS) is 28.0. The van der Waals surface area contributed by atoms with E-state index >= 15 is 0 Å². The van der Waals surface area contributed by atoms with Crippen molar-refractivity contribution in [3.63, 3.8) is 0 Å². The molecule has 0 N–H and O–H groups in total. The number of carbonyl (C=O) groups excluding carboxylic acids is 1. The lowest BCUT2D eigenvalue weighted by molar-refractivity contribution is -0.241. The minimum absolute atomic E-state index is 0.0184. The molecule has 0 aromatic heterocycles. The molecule has 0 radical (unpaired) electrons. The van der Waals surface area contributed by atoms with E-state index < -0.39 is 11.9 Å². The standard InChI is InChI=1S/C21H36O4/c1-6-16(7-2)13-23-20(24-14-17(8-3)9-4)21-11-10-18(25-21)12-19(21)15(5)22/h10-11,16-20H,6-9,12-14H2,1-5H3. The molecule has 3 atom stereocenters. The molecule has 4 heteroatoms. The van der Waals surface area contributed by atoms with Gasteiger partial charge in [-0.05, 0) is 31.3 Å². The summed E-state index contributed by atoms with van der Waals surface area (Å²) >= 11 is 0. The van der Waals surface area contributed by atoms with Crippen LogP contribution in [0.3, 0.4) is 0 Å². The molecular formula is C21H36O4. The Bertz CT molecular complexity index is 437. The van der Waals surface area contributed by atoms with Crippen LogP contribution in [-0.2, 0) is 19.0 Å². The maximum absolute atomic E-state index is 12.2. The van der Waals surface area contributed by atoms with Crippen LogP contribution in [0, 0.1) is 17.8 Å². The van der Waals surface area contributed by atoms with Crippen LogP contribution in [-0.4, -0.2) is 37.0 Å². The molecule has 2 aliphatic heterocycles. The van der Waals surface area contributed by atoms with Crippen molar-refractivity contribution in [3.05, 3.63) is 12.2 Å². The van der Waals surface area contributed by atoms with E-state index in [1.54, 1.807) is 6.92 Å². The van der Waals surface area contributed by atoms with Crippen LogP contribution in [0.25, 0.3) is 0 Å². The highest BCUT2D eigenvalue weighted by Gasteiger charge is 2.58. The zero-order valence-electron chi connectivity index (χ0n) is 16.6. The first-order valence-corrected chi connectivity index (χ1v) is 10.1. The fourth-order valence-electron chi connectivity index (χ4n) is 3.93. The molecular weight excluding hydrogens is 316 g/mol. The van der Waals surface area contributed by atoms with Crippen LogP contribution >= 0.6 is 0 Å². The van der Waals surface area contributed by atoms with Gasteiger partial charge in [-0.15, -0.1) is 0 Å². The number of carbonyl (C=O) groups is 1. The van der Waals surface area contributed by atoms with E-state index in [1.807, 2.05) is 6.08 Å². The summed E-state index contributed by atoms with van der Waals surface area (Å²) in [6.07, 6.45) is 8.67. The quantitative estimate of drug-likeness (QED) is 0.383. The van der Waals surface area contributed by atoms with Crippen molar-refractivity contribution < 1.29 is 19.0 Å². The minimum atomic E-state index is -0.742. The molecule has 0 spiro atoms. The van der Waals surface area contributed by atoms with Gasteiger partial charge in [0.25, 0.3) is 0 Å². The molecule has 0 aromatic rings. The topological polar surface area (TPSA) is 44.8 Å². The first-order valence-electron chi connectivity index (χ1n) is 10.1. The van der Waals surface area contributed by atoms with Gasteiger partial charge in [-0.2, -0.15) is 0 Å². The fourth-order valence-corrected chi connectivity index (χ4v) is 3.93. The lowest BCUT2D eigenvalue weighted by Crippen LogP contribution is -2.50. The molecule has 1 fully saturated rings. The predicted molar refractivity (Wildman–Crippen MR) is 99.4 cm³/mol. The highest BCUT2D eigenvalue weighted by molar-refractivity contribution is 5.81. The maximum atomic E-state index is 12.2. The number of Topliss-reactive ketones (excluding diaryl/α,β-unsaturated/α-hetero) is 1. The molecule has 2 rings (SSSR count). The Hall–Kier alpha value is -0.710. The van der Waals surface area contributed by atoms with Crippen molar-refractivity contribution in [2.45, 2.75) is 84.7 Å². The fraction of sp³-hybridized carbons (Fsp3) is 0.857. The van der Waals surface area contributed by atoms with Crippen molar-refractivity contribution in [2.24, 2.45) is 17.8 Å². The Labute approximate surface area is 153 Å². The molecule has 2 aliphatic rings. The van der Waals surface area contributed by atoms with Gasteiger partial charge in [0, 0.05) is 0 Å². The maximum Gasteiger partial charge on any atom is 0.190 e. The largest absolute Gasteiger partial charge is 0.357 e. The lowest BCUT2D eigenvalue weighted by Gasteiger charge is -2.37. The molecule has 0 aliphatic carbocycles. The molecule has 2 heterocycles. The zero-order chi connectivity index (χ0) is 18.4. The number of hydrogen-bond acceptors (Lipinski definition) is 4. The van der Waals surface area contributed by atoms with Crippen molar-refractivity contribution >= 4 is 5.78 Å². The summed E-state index contributed by atoms with van der Waals surface area (Å²) in [6.45, 7) is 11.7. The molecule has 144 valence electrons. The minimum Gasteiger partial charge on any atom is -0.357 e. The number of ether oxygens (including phenoxy) is 3. The number of fused-ring (bicyclic) bond motifs is 2.